The monoisotopic (exact) mass is 463 g/mol. The van der Waals surface area contributed by atoms with Gasteiger partial charge in [-0.05, 0) is 50.3 Å². The van der Waals surface area contributed by atoms with Crippen molar-refractivity contribution in [3.05, 3.63) is 23.8 Å². The molecule has 2 aliphatic rings. The number of hydrogen-bond donors (Lipinski definition) is 1. The molecule has 2 fully saturated rings. The zero-order chi connectivity index (χ0) is 23.5. The summed E-state index contributed by atoms with van der Waals surface area (Å²) in [7, 11) is -3.59. The summed E-state index contributed by atoms with van der Waals surface area (Å²) < 4.78 is 28.1. The van der Waals surface area contributed by atoms with Crippen molar-refractivity contribution < 1.29 is 18.0 Å². The summed E-state index contributed by atoms with van der Waals surface area (Å²) in [6.45, 7) is 9.73. The minimum Gasteiger partial charge on any atom is -0.342 e. The van der Waals surface area contributed by atoms with Gasteiger partial charge in [0.2, 0.25) is 21.8 Å². The fraction of sp³-hybridized carbons (Fsp3) is 0.667. The molecule has 2 heterocycles. The molecule has 0 atom stereocenters. The van der Waals surface area contributed by atoms with E-state index in [1.54, 1.807) is 29.4 Å². The lowest BCUT2D eigenvalue weighted by Crippen LogP contribution is -2.45. The Morgan fingerprint density at radius 2 is 1.56 bits per heavy atom. The molecule has 2 saturated heterocycles. The predicted molar refractivity (Wildman–Crippen MR) is 126 cm³/mol. The van der Waals surface area contributed by atoms with Crippen molar-refractivity contribution in [1.29, 1.82) is 0 Å². The third kappa shape index (κ3) is 5.70. The summed E-state index contributed by atoms with van der Waals surface area (Å²) in [4.78, 5) is 27.4. The van der Waals surface area contributed by atoms with Gasteiger partial charge in [0.25, 0.3) is 0 Å². The van der Waals surface area contributed by atoms with Gasteiger partial charge in [-0.3, -0.25) is 9.59 Å². The van der Waals surface area contributed by atoms with Gasteiger partial charge in [0.05, 0.1) is 4.90 Å². The van der Waals surface area contributed by atoms with Crippen LogP contribution in [-0.4, -0.2) is 55.6 Å². The Hall–Kier alpha value is -1.93. The van der Waals surface area contributed by atoms with Gasteiger partial charge in [0, 0.05) is 43.2 Å². The average molecular weight is 464 g/mol. The number of nitrogens with one attached hydrogen (secondary N) is 1. The number of amides is 2. The largest absolute Gasteiger partial charge is 0.342 e. The van der Waals surface area contributed by atoms with E-state index < -0.39 is 15.4 Å². The summed E-state index contributed by atoms with van der Waals surface area (Å²) in [5.74, 6) is -0.195. The number of sulfonamides is 1. The number of carbonyl (C=O) groups is 2. The minimum absolute atomic E-state index is 0.109. The summed E-state index contributed by atoms with van der Waals surface area (Å²) in [6.07, 6.45) is 5.09. The van der Waals surface area contributed by atoms with E-state index >= 15 is 0 Å². The quantitative estimate of drug-likeness (QED) is 0.736. The number of hydrogen-bond acceptors (Lipinski definition) is 4. The van der Waals surface area contributed by atoms with Crippen LogP contribution < -0.4 is 5.32 Å². The fourth-order valence-corrected chi connectivity index (χ4v) is 6.21. The molecular weight excluding hydrogens is 426 g/mol. The zero-order valence-electron chi connectivity index (χ0n) is 19.8. The van der Waals surface area contributed by atoms with Gasteiger partial charge in [0.1, 0.15) is 0 Å². The highest BCUT2D eigenvalue weighted by molar-refractivity contribution is 7.89. The maximum atomic E-state index is 13.3. The first kappa shape index (κ1) is 24.7. The van der Waals surface area contributed by atoms with Crippen LogP contribution in [0, 0.1) is 18.3 Å². The molecule has 1 aromatic rings. The normalized spacial score (nSPS) is 19.4. The molecule has 0 aromatic heterocycles. The van der Waals surface area contributed by atoms with Crippen LogP contribution in [0.4, 0.5) is 5.69 Å². The SMILES string of the molecule is Cc1ccc(NC(=O)C2CCN(C(=O)C(C)(C)C)CC2)cc1S(=O)(=O)N1CCCCCC1. The number of likely N-dealkylation sites (tertiary alicyclic amines) is 1. The second-order valence-corrected chi connectivity index (χ2v) is 12.0. The molecular formula is C24H37N3O4S. The lowest BCUT2D eigenvalue weighted by molar-refractivity contribution is -0.142. The highest BCUT2D eigenvalue weighted by atomic mass is 32.2. The molecule has 0 radical (unpaired) electrons. The van der Waals surface area contributed by atoms with E-state index in [0.717, 1.165) is 25.7 Å². The van der Waals surface area contributed by atoms with E-state index in [4.69, 9.17) is 0 Å². The van der Waals surface area contributed by atoms with Crippen molar-refractivity contribution in [2.45, 2.75) is 71.1 Å². The Labute approximate surface area is 192 Å². The average Bonchev–Trinajstić information content (AvgIpc) is 3.04. The van der Waals surface area contributed by atoms with Gasteiger partial charge in [-0.15, -0.1) is 0 Å². The predicted octanol–water partition coefficient (Wildman–Crippen LogP) is 3.78. The van der Waals surface area contributed by atoms with Gasteiger partial charge < -0.3 is 10.2 Å². The first-order chi connectivity index (χ1) is 15.0. The molecule has 1 N–H and O–H groups in total. The van der Waals surface area contributed by atoms with Crippen molar-refractivity contribution in [1.82, 2.24) is 9.21 Å². The Morgan fingerprint density at radius 1 is 0.969 bits per heavy atom. The number of benzene rings is 1. The van der Waals surface area contributed by atoms with Crippen molar-refractivity contribution in [3.63, 3.8) is 0 Å². The molecule has 0 spiro atoms. The minimum atomic E-state index is -3.59. The van der Waals surface area contributed by atoms with Crippen molar-refractivity contribution in [3.8, 4) is 0 Å². The highest BCUT2D eigenvalue weighted by Gasteiger charge is 2.33. The van der Waals surface area contributed by atoms with E-state index in [9.17, 15) is 18.0 Å². The molecule has 3 rings (SSSR count). The number of rotatable bonds is 4. The van der Waals surface area contributed by atoms with Crippen LogP contribution in [0.15, 0.2) is 23.1 Å². The Bertz CT molecular complexity index is 936. The summed E-state index contributed by atoms with van der Waals surface area (Å²) >= 11 is 0. The molecule has 0 bridgehead atoms. The van der Waals surface area contributed by atoms with Gasteiger partial charge in [0.15, 0.2) is 0 Å². The number of carbonyl (C=O) groups excluding carboxylic acids is 2. The lowest BCUT2D eigenvalue weighted by atomic mass is 9.90. The number of anilines is 1. The summed E-state index contributed by atoms with van der Waals surface area (Å²) in [5.41, 5.74) is 0.759. The van der Waals surface area contributed by atoms with Gasteiger partial charge in [-0.2, -0.15) is 4.31 Å². The third-order valence-electron chi connectivity index (χ3n) is 6.43. The number of piperidine rings is 1. The van der Waals surface area contributed by atoms with Crippen LogP contribution in [0.1, 0.15) is 64.9 Å². The second kappa shape index (κ2) is 9.91. The summed E-state index contributed by atoms with van der Waals surface area (Å²) in [5, 5.41) is 2.92. The van der Waals surface area contributed by atoms with Gasteiger partial charge in [-0.25, -0.2) is 8.42 Å². The molecule has 7 nitrogen and oxygen atoms in total. The smallest absolute Gasteiger partial charge is 0.243 e. The van der Waals surface area contributed by atoms with Crippen LogP contribution in [0.25, 0.3) is 0 Å². The van der Waals surface area contributed by atoms with Crippen LogP contribution in [-0.2, 0) is 19.6 Å². The standard InChI is InChI=1S/C24H37N3O4S/c1-18-9-10-20(17-21(18)32(30,31)27-13-7-5-6-8-14-27)25-22(28)19-11-15-26(16-12-19)23(29)24(2,3)4/h9-10,17,19H,5-8,11-16H2,1-4H3,(H,25,28). The molecule has 2 aliphatic heterocycles. The molecule has 0 saturated carbocycles. The van der Waals surface area contributed by atoms with E-state index in [0.29, 0.717) is 50.3 Å². The first-order valence-corrected chi connectivity index (χ1v) is 13.2. The first-order valence-electron chi connectivity index (χ1n) is 11.7. The van der Waals surface area contributed by atoms with Crippen molar-refractivity contribution in [2.24, 2.45) is 11.3 Å². The van der Waals surface area contributed by atoms with E-state index in [2.05, 4.69) is 5.32 Å². The highest BCUT2D eigenvalue weighted by Crippen LogP contribution is 2.28. The molecule has 178 valence electrons. The molecule has 0 unspecified atom stereocenters. The van der Waals surface area contributed by atoms with Gasteiger partial charge >= 0.3 is 0 Å². The molecule has 2 amide bonds. The molecule has 8 heteroatoms. The van der Waals surface area contributed by atoms with Crippen molar-refractivity contribution in [2.75, 3.05) is 31.5 Å². The third-order valence-corrected chi connectivity index (χ3v) is 8.47. The topological polar surface area (TPSA) is 86.8 Å². The van der Waals surface area contributed by atoms with E-state index in [-0.39, 0.29) is 22.6 Å². The van der Waals surface area contributed by atoms with Gasteiger partial charge in [-0.1, -0.05) is 39.7 Å². The van der Waals surface area contributed by atoms with Crippen LogP contribution in [0.2, 0.25) is 0 Å². The second-order valence-electron chi connectivity index (χ2n) is 10.1. The van der Waals surface area contributed by atoms with E-state index in [1.807, 2.05) is 25.7 Å². The van der Waals surface area contributed by atoms with Crippen molar-refractivity contribution >= 4 is 27.5 Å². The number of nitrogens with zero attached hydrogens (tertiary/aromatic N) is 2. The van der Waals surface area contributed by atoms with Crippen LogP contribution in [0.5, 0.6) is 0 Å². The lowest BCUT2D eigenvalue weighted by Gasteiger charge is -2.35. The van der Waals surface area contributed by atoms with Crippen LogP contribution >= 0.6 is 0 Å². The zero-order valence-corrected chi connectivity index (χ0v) is 20.6. The van der Waals surface area contributed by atoms with E-state index in [1.165, 1.54) is 0 Å². The molecule has 0 aliphatic carbocycles. The Morgan fingerprint density at radius 3 is 2.12 bits per heavy atom. The Balaban J connectivity index is 1.67. The Kier molecular flexibility index (Phi) is 7.65. The molecule has 1 aromatic carbocycles. The molecule has 32 heavy (non-hydrogen) atoms. The summed E-state index contributed by atoms with van der Waals surface area (Å²) in [6, 6.07) is 5.10. The maximum absolute atomic E-state index is 13.3. The van der Waals surface area contributed by atoms with Crippen LogP contribution in [0.3, 0.4) is 0 Å². The fourth-order valence-electron chi connectivity index (χ4n) is 4.44. The maximum Gasteiger partial charge on any atom is 0.243 e. The number of aryl methyl sites for hydroxylation is 1.